The van der Waals surface area contributed by atoms with Gasteiger partial charge in [0.25, 0.3) is 11.8 Å². The molecule has 2 aliphatic heterocycles. The zero-order chi connectivity index (χ0) is 36.9. The van der Waals surface area contributed by atoms with Gasteiger partial charge in [0.1, 0.15) is 24.1 Å². The summed E-state index contributed by atoms with van der Waals surface area (Å²) in [5, 5.41) is 64.0. The zero-order valence-electron chi connectivity index (χ0n) is 28.2. The molecule has 7 N–H and O–H groups in total. The first-order valence-corrected chi connectivity index (χ1v) is 16.5. The quantitative estimate of drug-likeness (QED) is 0.124. The minimum Gasteiger partial charge on any atom is -0.497 e. The molecule has 0 aromatic heterocycles. The molecule has 0 unspecified atom stereocenters. The number of ether oxygens (including phenoxy) is 2. The highest BCUT2D eigenvalue weighted by Crippen LogP contribution is 2.47. The molecule has 2 heterocycles. The predicted octanol–water partition coefficient (Wildman–Crippen LogP) is 0.772. The molecule has 5 rings (SSSR count). The van der Waals surface area contributed by atoms with Crippen molar-refractivity contribution in [3.8, 4) is 5.75 Å². The Labute approximate surface area is 294 Å². The van der Waals surface area contributed by atoms with Gasteiger partial charge in [0, 0.05) is 36.7 Å². The number of carbonyl (C=O) groups is 3. The molecule has 0 aliphatic carbocycles. The zero-order valence-corrected chi connectivity index (χ0v) is 28.2. The van der Waals surface area contributed by atoms with Crippen LogP contribution in [0.4, 0.5) is 11.4 Å². The SMILES string of the molecule is COc1ccc2c(c1)[C@](O)([C@@H](C)/C=C/CC(=O)N(CCO)Cc1ccccc1)C(=O)N2Cc1cccc(NC(=O)[C@H]2O[C@@H](O)[C@H](O)[C@@H](O)[C@@H]2O)c1. The van der Waals surface area contributed by atoms with E-state index in [2.05, 4.69) is 5.32 Å². The van der Waals surface area contributed by atoms with Gasteiger partial charge in [-0.25, -0.2) is 0 Å². The number of hydrogen-bond donors (Lipinski definition) is 7. The van der Waals surface area contributed by atoms with Crippen LogP contribution in [-0.4, -0.2) is 104 Å². The number of nitrogens with one attached hydrogen (secondary N) is 1. The first-order chi connectivity index (χ1) is 24.4. The molecule has 3 aromatic carbocycles. The first kappa shape index (κ1) is 37.6. The Kier molecular flexibility index (Phi) is 11.9. The summed E-state index contributed by atoms with van der Waals surface area (Å²) < 4.78 is 10.4. The number of hydrogen-bond acceptors (Lipinski definition) is 11. The van der Waals surface area contributed by atoms with Gasteiger partial charge in [0.2, 0.25) is 5.91 Å². The number of rotatable bonds is 13. The molecule has 14 nitrogen and oxygen atoms in total. The van der Waals surface area contributed by atoms with Crippen LogP contribution in [0.1, 0.15) is 30.0 Å². The van der Waals surface area contributed by atoms with Crippen LogP contribution >= 0.6 is 0 Å². The number of fused-ring (bicyclic) bond motifs is 1. The lowest BCUT2D eigenvalue weighted by Crippen LogP contribution is -2.60. The second-order valence-corrected chi connectivity index (χ2v) is 12.6. The Morgan fingerprint density at radius 1 is 1.00 bits per heavy atom. The molecule has 0 radical (unpaired) electrons. The summed E-state index contributed by atoms with van der Waals surface area (Å²) in [6.45, 7) is 1.94. The van der Waals surface area contributed by atoms with Crippen LogP contribution < -0.4 is 15.0 Å². The highest BCUT2D eigenvalue weighted by Gasteiger charge is 2.53. The summed E-state index contributed by atoms with van der Waals surface area (Å²) in [5.41, 5.74) is 0.455. The number of carbonyl (C=O) groups excluding carboxylic acids is 3. The monoisotopic (exact) mass is 705 g/mol. The van der Waals surface area contributed by atoms with Crippen molar-refractivity contribution in [2.24, 2.45) is 5.92 Å². The average Bonchev–Trinajstić information content (AvgIpc) is 3.34. The second kappa shape index (κ2) is 16.1. The van der Waals surface area contributed by atoms with Gasteiger partial charge in [-0.15, -0.1) is 0 Å². The Morgan fingerprint density at radius 2 is 1.73 bits per heavy atom. The van der Waals surface area contributed by atoms with E-state index < -0.39 is 54.0 Å². The molecule has 3 aromatic rings. The van der Waals surface area contributed by atoms with Gasteiger partial charge < -0.3 is 55.2 Å². The third-order valence-corrected chi connectivity index (χ3v) is 9.17. The fraction of sp³-hybridized carbons (Fsp3) is 0.378. The predicted molar refractivity (Wildman–Crippen MR) is 184 cm³/mol. The molecule has 51 heavy (non-hydrogen) atoms. The maximum atomic E-state index is 14.1. The number of benzene rings is 3. The van der Waals surface area contributed by atoms with Gasteiger partial charge in [-0.1, -0.05) is 61.5 Å². The lowest BCUT2D eigenvalue weighted by molar-refractivity contribution is -0.274. The molecular weight excluding hydrogens is 662 g/mol. The van der Waals surface area contributed by atoms with E-state index in [1.165, 1.54) is 12.0 Å². The molecule has 7 atom stereocenters. The molecule has 0 spiro atoms. The van der Waals surface area contributed by atoms with Crippen molar-refractivity contribution in [2.45, 2.75) is 62.7 Å². The maximum Gasteiger partial charge on any atom is 0.264 e. The molecule has 3 amide bonds. The summed E-state index contributed by atoms with van der Waals surface area (Å²) in [7, 11) is 1.47. The van der Waals surface area contributed by atoms with Gasteiger partial charge in [0.05, 0.1) is 25.9 Å². The van der Waals surface area contributed by atoms with E-state index in [0.29, 0.717) is 29.1 Å². The Balaban J connectivity index is 1.32. The molecule has 2 aliphatic rings. The number of anilines is 2. The lowest BCUT2D eigenvalue weighted by atomic mass is 9.83. The van der Waals surface area contributed by atoms with Crippen LogP contribution in [0.5, 0.6) is 5.75 Å². The summed E-state index contributed by atoms with van der Waals surface area (Å²) >= 11 is 0. The van der Waals surface area contributed by atoms with Gasteiger partial charge in [-0.3, -0.25) is 14.4 Å². The van der Waals surface area contributed by atoms with E-state index in [0.717, 1.165) is 5.56 Å². The van der Waals surface area contributed by atoms with Crippen molar-refractivity contribution < 1.29 is 54.5 Å². The highest BCUT2D eigenvalue weighted by atomic mass is 16.6. The number of aliphatic hydroxyl groups excluding tert-OH is 5. The van der Waals surface area contributed by atoms with Crippen LogP contribution in [-0.2, 0) is 37.8 Å². The second-order valence-electron chi connectivity index (χ2n) is 12.6. The van der Waals surface area contributed by atoms with Crippen molar-refractivity contribution >= 4 is 29.1 Å². The fourth-order valence-corrected chi connectivity index (χ4v) is 6.29. The molecule has 0 bridgehead atoms. The minimum absolute atomic E-state index is 0.0130. The van der Waals surface area contributed by atoms with Gasteiger partial charge in [0.15, 0.2) is 18.0 Å². The molecule has 272 valence electrons. The molecule has 14 heteroatoms. The van der Waals surface area contributed by atoms with Crippen molar-refractivity contribution in [1.82, 2.24) is 4.90 Å². The summed E-state index contributed by atoms with van der Waals surface area (Å²) in [6, 6.07) is 20.8. The van der Waals surface area contributed by atoms with Crippen molar-refractivity contribution in [2.75, 3.05) is 30.5 Å². The van der Waals surface area contributed by atoms with Gasteiger partial charge in [-0.2, -0.15) is 0 Å². The standard InChI is InChI=1S/C37H43N3O11/c1-22(8-6-13-29(42)39(16-17-41)20-23-9-4-3-5-10-23)37(49)27-19-26(50-2)14-15-28(27)40(36(37)48)21-24-11-7-12-25(18-24)38-34(46)33-31(44)30(43)32(45)35(47)51-33/h3-12,14-15,18-19,22,30-33,35,41,43-45,47,49H,13,16-17,20-21H2,1-2H3,(H,38,46)/b8-6+/t22-,30-,31-,32+,33-,35+,37+/m0/s1. The molecule has 1 saturated heterocycles. The Morgan fingerprint density at radius 3 is 2.43 bits per heavy atom. The molecular formula is C37H43N3O11. The van der Waals surface area contributed by atoms with E-state index in [9.17, 15) is 45.0 Å². The Bertz CT molecular complexity index is 1740. The highest BCUT2D eigenvalue weighted by molar-refractivity contribution is 6.07. The normalized spacial score (nSPS) is 25.1. The minimum atomic E-state index is -2.02. The van der Waals surface area contributed by atoms with E-state index in [1.807, 2.05) is 30.3 Å². The van der Waals surface area contributed by atoms with E-state index in [4.69, 9.17) is 9.47 Å². The number of methoxy groups -OCH3 is 1. The van der Waals surface area contributed by atoms with E-state index in [1.54, 1.807) is 66.4 Å². The smallest absolute Gasteiger partial charge is 0.264 e. The fourth-order valence-electron chi connectivity index (χ4n) is 6.29. The number of nitrogens with zero attached hydrogens (tertiary/aromatic N) is 2. The lowest BCUT2D eigenvalue weighted by Gasteiger charge is -2.37. The topological polar surface area (TPSA) is 210 Å². The maximum absolute atomic E-state index is 14.1. The van der Waals surface area contributed by atoms with Crippen LogP contribution in [0.25, 0.3) is 0 Å². The first-order valence-electron chi connectivity index (χ1n) is 16.5. The van der Waals surface area contributed by atoms with Crippen molar-refractivity contribution in [1.29, 1.82) is 0 Å². The van der Waals surface area contributed by atoms with Gasteiger partial charge in [-0.05, 0) is 41.5 Å². The van der Waals surface area contributed by atoms with Crippen LogP contribution in [0, 0.1) is 5.92 Å². The number of amides is 3. The van der Waals surface area contributed by atoms with Gasteiger partial charge >= 0.3 is 0 Å². The van der Waals surface area contributed by atoms with Crippen LogP contribution in [0.3, 0.4) is 0 Å². The van der Waals surface area contributed by atoms with Crippen molar-refractivity contribution in [3.05, 3.63) is 102 Å². The summed E-state index contributed by atoms with van der Waals surface area (Å²) in [4.78, 5) is 43.1. The molecule has 0 saturated carbocycles. The average molecular weight is 706 g/mol. The summed E-state index contributed by atoms with van der Waals surface area (Å²) in [5.74, 6) is -2.09. The Hall–Kier alpha value is -4.67. The molecule has 1 fully saturated rings. The summed E-state index contributed by atoms with van der Waals surface area (Å²) in [6.07, 6.45) is -5.76. The van der Waals surface area contributed by atoms with E-state index in [-0.39, 0.29) is 37.7 Å². The van der Waals surface area contributed by atoms with Crippen molar-refractivity contribution in [3.63, 3.8) is 0 Å². The third kappa shape index (κ3) is 7.97. The van der Waals surface area contributed by atoms with E-state index >= 15 is 0 Å². The number of aliphatic hydroxyl groups is 6. The largest absolute Gasteiger partial charge is 0.497 e. The third-order valence-electron chi connectivity index (χ3n) is 9.17. The van der Waals surface area contributed by atoms with Crippen LogP contribution in [0.2, 0.25) is 0 Å². The van der Waals surface area contributed by atoms with Crippen LogP contribution in [0.15, 0.2) is 84.9 Å².